The Morgan fingerprint density at radius 3 is 2.52 bits per heavy atom. The Morgan fingerprint density at radius 2 is 1.90 bits per heavy atom. The van der Waals surface area contributed by atoms with Crippen LogP contribution in [-0.2, 0) is 33.5 Å². The second kappa shape index (κ2) is 7.62. The predicted molar refractivity (Wildman–Crippen MR) is 106 cm³/mol. The summed E-state index contributed by atoms with van der Waals surface area (Å²) in [6.07, 6.45) is -2.23. The quantitative estimate of drug-likeness (QED) is 0.666. The number of hydrogen-bond acceptors (Lipinski definition) is 5. The van der Waals surface area contributed by atoms with E-state index in [1.807, 2.05) is 0 Å². The lowest BCUT2D eigenvalue weighted by atomic mass is 9.82. The van der Waals surface area contributed by atoms with Crippen LogP contribution in [0.25, 0.3) is 0 Å². The zero-order valence-electron chi connectivity index (χ0n) is 17.9. The first-order valence-corrected chi connectivity index (χ1v) is 10.5. The molecule has 31 heavy (non-hydrogen) atoms. The molecule has 0 unspecified atom stereocenters. The number of aromatic nitrogens is 1. The highest BCUT2D eigenvalue weighted by Crippen LogP contribution is 2.42. The molecule has 0 aliphatic carbocycles. The third-order valence-corrected chi connectivity index (χ3v) is 6.63. The van der Waals surface area contributed by atoms with Crippen molar-refractivity contribution in [1.29, 1.82) is 0 Å². The van der Waals surface area contributed by atoms with E-state index in [0.29, 0.717) is 67.3 Å². The molecule has 1 amide bonds. The zero-order valence-corrected chi connectivity index (χ0v) is 17.9. The van der Waals surface area contributed by atoms with Crippen LogP contribution < -0.4 is 0 Å². The number of nitrogens with zero attached hydrogens (tertiary/aromatic N) is 3. The number of hydrogen-bond donors (Lipinski definition) is 0. The molecule has 1 saturated heterocycles. The van der Waals surface area contributed by atoms with Gasteiger partial charge in [0.2, 0.25) is 0 Å². The zero-order chi connectivity index (χ0) is 22.6. The fourth-order valence-corrected chi connectivity index (χ4v) is 4.77. The Labute approximate surface area is 179 Å². The number of carbonyl (C=O) groups is 2. The maximum Gasteiger partial charge on any atom is 0.417 e. The smallest absolute Gasteiger partial charge is 0.417 e. The molecular formula is C22H26F3N3O3. The maximum absolute atomic E-state index is 13.5. The van der Waals surface area contributed by atoms with Gasteiger partial charge < -0.3 is 14.5 Å². The topological polar surface area (TPSA) is 62.7 Å². The van der Waals surface area contributed by atoms with Crippen LogP contribution in [0.2, 0.25) is 0 Å². The van der Waals surface area contributed by atoms with Crippen molar-refractivity contribution in [3.05, 3.63) is 40.2 Å². The van der Waals surface area contributed by atoms with E-state index in [0.717, 1.165) is 12.3 Å². The lowest BCUT2D eigenvalue weighted by molar-refractivity contribution is -0.151. The minimum absolute atomic E-state index is 0.0320. The molecular weight excluding hydrogens is 411 g/mol. The van der Waals surface area contributed by atoms with Crippen molar-refractivity contribution < 1.29 is 27.5 Å². The lowest BCUT2D eigenvalue weighted by Gasteiger charge is -2.42. The van der Waals surface area contributed by atoms with E-state index in [1.54, 1.807) is 6.92 Å². The van der Waals surface area contributed by atoms with Crippen molar-refractivity contribution in [3.8, 4) is 0 Å². The lowest BCUT2D eigenvalue weighted by Crippen LogP contribution is -2.51. The first-order valence-electron chi connectivity index (χ1n) is 10.5. The molecule has 1 aromatic heterocycles. The number of rotatable bonds is 2. The molecule has 0 radical (unpaired) electrons. The van der Waals surface area contributed by atoms with Crippen LogP contribution >= 0.6 is 0 Å². The number of fused-ring (bicyclic) bond motifs is 1. The monoisotopic (exact) mass is 437 g/mol. The van der Waals surface area contributed by atoms with Gasteiger partial charge in [0.25, 0.3) is 5.91 Å². The van der Waals surface area contributed by atoms with E-state index in [4.69, 9.17) is 4.74 Å². The Hall–Kier alpha value is -2.42. The third kappa shape index (κ3) is 3.84. The summed E-state index contributed by atoms with van der Waals surface area (Å²) >= 11 is 0. The molecule has 1 spiro atoms. The van der Waals surface area contributed by atoms with Crippen molar-refractivity contribution in [2.24, 2.45) is 0 Å². The summed E-state index contributed by atoms with van der Waals surface area (Å²) in [4.78, 5) is 33.7. The number of likely N-dealkylation sites (tertiary alicyclic amines) is 1. The molecule has 0 N–H and O–H groups in total. The van der Waals surface area contributed by atoms with Gasteiger partial charge in [-0.1, -0.05) is 0 Å². The van der Waals surface area contributed by atoms with Gasteiger partial charge in [0.1, 0.15) is 5.60 Å². The molecule has 4 rings (SSSR count). The summed E-state index contributed by atoms with van der Waals surface area (Å²) in [6, 6.07) is 1.42. The van der Waals surface area contributed by atoms with Gasteiger partial charge in [0, 0.05) is 68.9 Å². The molecule has 4 heterocycles. The van der Waals surface area contributed by atoms with E-state index in [1.165, 1.54) is 4.90 Å². The second-order valence-electron chi connectivity index (χ2n) is 8.82. The summed E-state index contributed by atoms with van der Waals surface area (Å²) < 4.78 is 45.0. The highest BCUT2D eigenvalue weighted by atomic mass is 19.4. The largest absolute Gasteiger partial charge is 0.450 e. The molecule has 1 fully saturated rings. The van der Waals surface area contributed by atoms with Gasteiger partial charge in [-0.25, -0.2) is 4.79 Å². The van der Waals surface area contributed by atoms with Gasteiger partial charge in [-0.05, 0) is 32.4 Å². The molecule has 3 aliphatic heterocycles. The average molecular weight is 437 g/mol. The molecule has 6 nitrogen and oxygen atoms in total. The average Bonchev–Trinajstić information content (AvgIpc) is 2.95. The number of piperidine rings is 1. The molecule has 0 bridgehead atoms. The van der Waals surface area contributed by atoms with E-state index in [-0.39, 0.29) is 12.5 Å². The van der Waals surface area contributed by atoms with Crippen LogP contribution in [0.1, 0.15) is 50.4 Å². The molecule has 9 heteroatoms. The summed E-state index contributed by atoms with van der Waals surface area (Å²) in [5, 5.41) is 0. The first kappa shape index (κ1) is 21.8. The van der Waals surface area contributed by atoms with Gasteiger partial charge in [0.05, 0.1) is 11.1 Å². The molecule has 0 saturated carbocycles. The van der Waals surface area contributed by atoms with Gasteiger partial charge in [-0.2, -0.15) is 13.2 Å². The minimum atomic E-state index is -4.49. The van der Waals surface area contributed by atoms with Gasteiger partial charge in [-0.15, -0.1) is 0 Å². The number of amides is 1. The Balaban J connectivity index is 1.59. The van der Waals surface area contributed by atoms with E-state index in [9.17, 15) is 22.8 Å². The molecule has 3 aliphatic rings. The fourth-order valence-electron chi connectivity index (χ4n) is 4.77. The van der Waals surface area contributed by atoms with E-state index < -0.39 is 23.3 Å². The number of ether oxygens (including phenoxy) is 1. The Kier molecular flexibility index (Phi) is 5.36. The highest BCUT2D eigenvalue weighted by Gasteiger charge is 2.52. The number of halogens is 3. The van der Waals surface area contributed by atoms with Gasteiger partial charge in [0.15, 0.2) is 0 Å². The normalized spacial score (nSPS) is 21.6. The van der Waals surface area contributed by atoms with Crippen LogP contribution in [0, 0.1) is 0 Å². The second-order valence-corrected chi connectivity index (χ2v) is 8.82. The third-order valence-electron chi connectivity index (χ3n) is 6.63. The fraction of sp³-hybridized carbons (Fsp3) is 0.591. The van der Waals surface area contributed by atoms with Crippen LogP contribution in [0.5, 0.6) is 0 Å². The maximum atomic E-state index is 13.5. The van der Waals surface area contributed by atoms with Gasteiger partial charge >= 0.3 is 12.1 Å². The SMILES string of the molecule is CC1=C(C(=O)N2CCc3ncc(C(F)(F)F)cc3C2)C2(CCN(C(C)C)CC2)OC1=O. The van der Waals surface area contributed by atoms with Crippen LogP contribution in [0.15, 0.2) is 23.4 Å². The summed E-state index contributed by atoms with van der Waals surface area (Å²) in [5.74, 6) is -0.816. The predicted octanol–water partition coefficient (Wildman–Crippen LogP) is 3.10. The number of carbonyl (C=O) groups excluding carboxylic acids is 2. The van der Waals surface area contributed by atoms with E-state index in [2.05, 4.69) is 23.7 Å². The molecule has 1 aromatic rings. The Morgan fingerprint density at radius 1 is 1.23 bits per heavy atom. The summed E-state index contributed by atoms with van der Waals surface area (Å²) in [7, 11) is 0. The van der Waals surface area contributed by atoms with Crippen molar-refractivity contribution >= 4 is 11.9 Å². The number of pyridine rings is 1. The molecule has 168 valence electrons. The standard InChI is InChI=1S/C22H26F3N3O3/c1-13(2)27-8-5-21(6-9-27)18(14(3)20(30)31-21)19(29)28-7-4-17-15(12-28)10-16(11-26-17)22(23,24)25/h10-11,13H,4-9,12H2,1-3H3. The number of alkyl halides is 3. The van der Waals surface area contributed by atoms with Crippen molar-refractivity contribution in [3.63, 3.8) is 0 Å². The number of esters is 1. The van der Waals surface area contributed by atoms with E-state index >= 15 is 0 Å². The van der Waals surface area contributed by atoms with Crippen LogP contribution in [0.4, 0.5) is 13.2 Å². The highest BCUT2D eigenvalue weighted by molar-refractivity contribution is 6.07. The summed E-state index contributed by atoms with van der Waals surface area (Å²) in [6.45, 7) is 7.57. The molecule has 0 aromatic carbocycles. The Bertz CT molecular complexity index is 947. The van der Waals surface area contributed by atoms with Crippen LogP contribution in [-0.4, -0.2) is 57.9 Å². The van der Waals surface area contributed by atoms with Crippen molar-refractivity contribution in [2.45, 2.75) is 64.4 Å². The summed E-state index contributed by atoms with van der Waals surface area (Å²) in [5.41, 5.74) is -0.146. The van der Waals surface area contributed by atoms with Gasteiger partial charge in [-0.3, -0.25) is 9.78 Å². The van der Waals surface area contributed by atoms with Crippen molar-refractivity contribution in [2.75, 3.05) is 19.6 Å². The first-order chi connectivity index (χ1) is 14.5. The van der Waals surface area contributed by atoms with Crippen LogP contribution in [0.3, 0.4) is 0 Å². The molecule has 0 atom stereocenters. The minimum Gasteiger partial charge on any atom is -0.450 e. The van der Waals surface area contributed by atoms with Crippen molar-refractivity contribution in [1.82, 2.24) is 14.8 Å².